The summed E-state index contributed by atoms with van der Waals surface area (Å²) in [6.07, 6.45) is 5.11. The smallest absolute Gasteiger partial charge is 0.255 e. The third-order valence-electron chi connectivity index (χ3n) is 4.21. The number of nitrogens with one attached hydrogen (secondary N) is 1. The Morgan fingerprint density at radius 3 is 2.34 bits per heavy atom. The molecule has 2 aromatic heterocycles. The normalized spacial score (nSPS) is 10.6. The maximum atomic E-state index is 12.5. The maximum absolute atomic E-state index is 12.5. The second-order valence-electron chi connectivity index (χ2n) is 6.66. The molecule has 0 unspecified atom stereocenters. The van der Waals surface area contributed by atoms with Gasteiger partial charge >= 0.3 is 0 Å². The van der Waals surface area contributed by atoms with Crippen LogP contribution >= 0.6 is 0 Å². The lowest BCUT2D eigenvalue weighted by Crippen LogP contribution is -2.12. The number of hydrogen-bond donors (Lipinski definition) is 1. The number of ether oxygens (including phenoxy) is 1. The van der Waals surface area contributed by atoms with Gasteiger partial charge in [-0.1, -0.05) is 17.2 Å². The lowest BCUT2D eigenvalue weighted by atomic mass is 10.1. The summed E-state index contributed by atoms with van der Waals surface area (Å²) in [6.45, 7) is 3.95. The first kappa shape index (κ1) is 18.4. The van der Waals surface area contributed by atoms with E-state index in [0.29, 0.717) is 28.7 Å². The van der Waals surface area contributed by atoms with Gasteiger partial charge in [0, 0.05) is 29.7 Å². The van der Waals surface area contributed by atoms with Crippen LogP contribution in [0.5, 0.6) is 11.6 Å². The Morgan fingerprint density at radius 1 is 0.966 bits per heavy atom. The minimum absolute atomic E-state index is 0.147. The number of imidazole rings is 1. The molecule has 0 atom stereocenters. The molecule has 4 aromatic rings. The molecular formula is C22H19N5O2. The Hall–Kier alpha value is -4.00. The summed E-state index contributed by atoms with van der Waals surface area (Å²) in [5.41, 5.74) is 3.43. The van der Waals surface area contributed by atoms with E-state index in [9.17, 15) is 4.79 Å². The number of amides is 1. The van der Waals surface area contributed by atoms with Crippen molar-refractivity contribution >= 4 is 11.6 Å². The van der Waals surface area contributed by atoms with Crippen LogP contribution in [0.1, 0.15) is 21.5 Å². The van der Waals surface area contributed by atoms with Gasteiger partial charge in [0.2, 0.25) is 5.88 Å². The lowest BCUT2D eigenvalue weighted by Gasteiger charge is -2.09. The molecule has 7 heteroatoms. The maximum Gasteiger partial charge on any atom is 0.255 e. The van der Waals surface area contributed by atoms with Crippen molar-refractivity contribution in [2.24, 2.45) is 0 Å². The molecule has 2 aromatic carbocycles. The molecule has 0 fully saturated rings. The van der Waals surface area contributed by atoms with Gasteiger partial charge in [-0.2, -0.15) is 0 Å². The summed E-state index contributed by atoms with van der Waals surface area (Å²) in [5, 5.41) is 11.1. The second-order valence-corrected chi connectivity index (χ2v) is 6.66. The van der Waals surface area contributed by atoms with Crippen molar-refractivity contribution in [2.75, 3.05) is 5.32 Å². The van der Waals surface area contributed by atoms with Crippen molar-refractivity contribution < 1.29 is 9.53 Å². The highest BCUT2D eigenvalue weighted by Crippen LogP contribution is 2.22. The number of nitrogens with zero attached hydrogens (tertiary/aromatic N) is 4. The average molecular weight is 385 g/mol. The van der Waals surface area contributed by atoms with E-state index in [1.54, 1.807) is 59.7 Å². The largest absolute Gasteiger partial charge is 0.438 e. The van der Waals surface area contributed by atoms with E-state index in [-0.39, 0.29) is 5.91 Å². The molecule has 0 aliphatic carbocycles. The minimum atomic E-state index is -0.147. The molecule has 4 rings (SSSR count). The highest BCUT2D eigenvalue weighted by molar-refractivity contribution is 6.04. The zero-order valence-electron chi connectivity index (χ0n) is 16.0. The van der Waals surface area contributed by atoms with E-state index in [0.717, 1.165) is 11.1 Å². The topological polar surface area (TPSA) is 81.9 Å². The Balaban J connectivity index is 1.40. The number of benzene rings is 2. The van der Waals surface area contributed by atoms with Crippen LogP contribution in [0.15, 0.2) is 73.3 Å². The number of carbonyl (C=O) groups is 1. The zero-order valence-corrected chi connectivity index (χ0v) is 16.0. The highest BCUT2D eigenvalue weighted by atomic mass is 16.5. The van der Waals surface area contributed by atoms with Crippen molar-refractivity contribution in [1.82, 2.24) is 19.7 Å². The molecule has 0 aliphatic rings. The van der Waals surface area contributed by atoms with Gasteiger partial charge in [-0.05, 0) is 56.3 Å². The van der Waals surface area contributed by atoms with Crippen LogP contribution in [-0.2, 0) is 0 Å². The predicted molar refractivity (Wildman–Crippen MR) is 110 cm³/mol. The molecule has 0 spiro atoms. The Morgan fingerprint density at radius 2 is 1.72 bits per heavy atom. The molecule has 0 radical (unpaired) electrons. The average Bonchev–Trinajstić information content (AvgIpc) is 3.24. The quantitative estimate of drug-likeness (QED) is 0.553. The summed E-state index contributed by atoms with van der Waals surface area (Å²) >= 11 is 0. The molecule has 1 N–H and O–H groups in total. The van der Waals surface area contributed by atoms with Crippen molar-refractivity contribution in [2.45, 2.75) is 13.8 Å². The Labute approximate surface area is 168 Å². The number of hydrogen-bond acceptors (Lipinski definition) is 5. The van der Waals surface area contributed by atoms with Crippen LogP contribution in [-0.4, -0.2) is 25.7 Å². The van der Waals surface area contributed by atoms with E-state index < -0.39 is 0 Å². The van der Waals surface area contributed by atoms with E-state index in [2.05, 4.69) is 20.5 Å². The van der Waals surface area contributed by atoms with Crippen LogP contribution in [0.2, 0.25) is 0 Å². The van der Waals surface area contributed by atoms with Crippen LogP contribution in [0.25, 0.3) is 5.82 Å². The van der Waals surface area contributed by atoms with E-state index >= 15 is 0 Å². The Kier molecular flexibility index (Phi) is 5.03. The van der Waals surface area contributed by atoms with Gasteiger partial charge in [0.1, 0.15) is 12.1 Å². The molecule has 144 valence electrons. The number of carbonyl (C=O) groups excluding carboxylic acids is 1. The SMILES string of the molecule is Cc1cc(C)cc(C(=O)Nc2ccc(Oc3ccc(-n4ccnc4)nn3)cc2)c1. The fourth-order valence-corrected chi connectivity index (χ4v) is 2.94. The molecular weight excluding hydrogens is 366 g/mol. The third kappa shape index (κ3) is 4.47. The second kappa shape index (κ2) is 7.93. The van der Waals surface area contributed by atoms with Gasteiger partial charge in [-0.25, -0.2) is 4.98 Å². The Bertz CT molecular complexity index is 1100. The van der Waals surface area contributed by atoms with E-state index in [4.69, 9.17) is 4.74 Å². The van der Waals surface area contributed by atoms with E-state index in [1.807, 2.05) is 32.0 Å². The number of anilines is 1. The van der Waals surface area contributed by atoms with Crippen molar-refractivity contribution in [1.29, 1.82) is 0 Å². The molecule has 1 amide bonds. The highest BCUT2D eigenvalue weighted by Gasteiger charge is 2.08. The summed E-state index contributed by atoms with van der Waals surface area (Å²) in [4.78, 5) is 16.4. The third-order valence-corrected chi connectivity index (χ3v) is 4.21. The number of aromatic nitrogens is 4. The van der Waals surface area contributed by atoms with Gasteiger partial charge < -0.3 is 10.1 Å². The van der Waals surface area contributed by atoms with Gasteiger partial charge in [0.15, 0.2) is 5.82 Å². The molecule has 7 nitrogen and oxygen atoms in total. The first-order valence-electron chi connectivity index (χ1n) is 9.06. The zero-order chi connectivity index (χ0) is 20.2. The van der Waals surface area contributed by atoms with Crippen molar-refractivity contribution in [3.05, 3.63) is 90.0 Å². The van der Waals surface area contributed by atoms with Crippen LogP contribution < -0.4 is 10.1 Å². The molecule has 2 heterocycles. The van der Waals surface area contributed by atoms with Crippen molar-refractivity contribution in [3.8, 4) is 17.4 Å². The molecule has 0 saturated carbocycles. The van der Waals surface area contributed by atoms with Crippen LogP contribution in [0, 0.1) is 13.8 Å². The van der Waals surface area contributed by atoms with Crippen LogP contribution in [0.3, 0.4) is 0 Å². The first-order valence-corrected chi connectivity index (χ1v) is 9.06. The van der Waals surface area contributed by atoms with Gasteiger partial charge in [0.25, 0.3) is 5.91 Å². The summed E-state index contributed by atoms with van der Waals surface area (Å²) in [5.74, 6) is 1.48. The molecule has 0 bridgehead atoms. The van der Waals surface area contributed by atoms with Gasteiger partial charge in [-0.3, -0.25) is 9.36 Å². The molecule has 0 saturated heterocycles. The number of aryl methyl sites for hydroxylation is 2. The summed E-state index contributed by atoms with van der Waals surface area (Å²) < 4.78 is 7.47. The summed E-state index contributed by atoms with van der Waals surface area (Å²) in [7, 11) is 0. The van der Waals surface area contributed by atoms with E-state index in [1.165, 1.54) is 0 Å². The van der Waals surface area contributed by atoms with Gasteiger partial charge in [0.05, 0.1) is 0 Å². The first-order chi connectivity index (χ1) is 14.1. The van der Waals surface area contributed by atoms with Crippen LogP contribution in [0.4, 0.5) is 5.69 Å². The van der Waals surface area contributed by atoms with Gasteiger partial charge in [-0.15, -0.1) is 10.2 Å². The van der Waals surface area contributed by atoms with Crippen molar-refractivity contribution in [3.63, 3.8) is 0 Å². The standard InChI is InChI=1S/C22H19N5O2/c1-15-11-16(2)13-17(12-15)22(28)24-18-3-5-19(6-4-18)29-21-8-7-20(25-26-21)27-10-9-23-14-27/h3-14H,1-2H3,(H,24,28). The number of rotatable bonds is 5. The summed E-state index contributed by atoms with van der Waals surface area (Å²) in [6, 6.07) is 16.4. The predicted octanol–water partition coefficient (Wildman–Crippen LogP) is 4.32. The molecule has 0 aliphatic heterocycles. The fraction of sp³-hybridized carbons (Fsp3) is 0.0909. The molecule has 29 heavy (non-hydrogen) atoms. The fourth-order valence-electron chi connectivity index (χ4n) is 2.94. The monoisotopic (exact) mass is 385 g/mol. The minimum Gasteiger partial charge on any atom is -0.438 e. The lowest BCUT2D eigenvalue weighted by molar-refractivity contribution is 0.102.